The van der Waals surface area contributed by atoms with Gasteiger partial charge in [-0.15, -0.1) is 0 Å². The number of fused-ring (bicyclic) bond motifs is 2. The van der Waals surface area contributed by atoms with Crippen LogP contribution in [0.25, 0.3) is 33.4 Å². The Hall–Kier alpha value is -3.40. The molecule has 1 aliphatic heterocycles. The van der Waals surface area contributed by atoms with Crippen molar-refractivity contribution in [2.75, 3.05) is 0 Å². The summed E-state index contributed by atoms with van der Waals surface area (Å²) in [4.78, 5) is 24.0. The lowest BCUT2D eigenvalue weighted by atomic mass is 9.88. The summed E-state index contributed by atoms with van der Waals surface area (Å²) >= 11 is 0. The SMILES string of the molecule is Cc1ccc2c(-c3cc(CC(C)C)ccc3C(=O)O)c3ccc(=O)cc-3oc2c1. The highest BCUT2D eigenvalue weighted by atomic mass is 16.4. The predicted octanol–water partition coefficient (Wildman–Crippen LogP) is 5.77. The molecule has 0 amide bonds. The lowest BCUT2D eigenvalue weighted by molar-refractivity contribution is 0.0697. The van der Waals surface area contributed by atoms with Crippen molar-refractivity contribution in [1.82, 2.24) is 0 Å². The molecule has 0 spiro atoms. The Balaban J connectivity index is 2.14. The minimum atomic E-state index is -0.981. The molecule has 0 radical (unpaired) electrons. The van der Waals surface area contributed by atoms with Crippen LogP contribution in [0.2, 0.25) is 0 Å². The highest BCUT2D eigenvalue weighted by Crippen LogP contribution is 2.41. The lowest BCUT2D eigenvalue weighted by Gasteiger charge is -2.18. The number of carbonyl (C=O) groups is 1. The Bertz CT molecular complexity index is 1260. The van der Waals surface area contributed by atoms with Crippen LogP contribution in [-0.4, -0.2) is 11.1 Å². The quantitative estimate of drug-likeness (QED) is 0.452. The third-order valence-corrected chi connectivity index (χ3v) is 5.08. The summed E-state index contributed by atoms with van der Waals surface area (Å²) in [6.07, 6.45) is 0.851. The van der Waals surface area contributed by atoms with Crippen LogP contribution in [0.1, 0.15) is 35.3 Å². The molecule has 0 saturated heterocycles. The number of benzene rings is 3. The van der Waals surface area contributed by atoms with Crippen molar-refractivity contribution < 1.29 is 14.3 Å². The van der Waals surface area contributed by atoms with Gasteiger partial charge in [0, 0.05) is 22.6 Å². The van der Waals surface area contributed by atoms with Crippen molar-refractivity contribution in [2.45, 2.75) is 27.2 Å². The third kappa shape index (κ3) is 3.54. The van der Waals surface area contributed by atoms with E-state index < -0.39 is 5.97 Å². The van der Waals surface area contributed by atoms with Gasteiger partial charge in [-0.2, -0.15) is 0 Å². The molecule has 4 heteroatoms. The van der Waals surface area contributed by atoms with Gasteiger partial charge in [0.25, 0.3) is 0 Å². The summed E-state index contributed by atoms with van der Waals surface area (Å²) in [5.41, 5.74) is 4.97. The van der Waals surface area contributed by atoms with E-state index in [4.69, 9.17) is 4.42 Å². The molecule has 146 valence electrons. The second-order valence-electron chi connectivity index (χ2n) is 7.92. The summed E-state index contributed by atoms with van der Waals surface area (Å²) < 4.78 is 6.02. The number of aromatic carboxylic acids is 1. The fourth-order valence-electron chi connectivity index (χ4n) is 3.85. The molecule has 1 N–H and O–H groups in total. The van der Waals surface area contributed by atoms with Crippen LogP contribution in [-0.2, 0) is 6.42 Å². The van der Waals surface area contributed by atoms with E-state index in [1.807, 2.05) is 37.3 Å². The zero-order valence-electron chi connectivity index (χ0n) is 16.7. The van der Waals surface area contributed by atoms with Gasteiger partial charge in [-0.05, 0) is 60.2 Å². The summed E-state index contributed by atoms with van der Waals surface area (Å²) in [6, 6.07) is 16.0. The predicted molar refractivity (Wildman–Crippen MR) is 115 cm³/mol. The fraction of sp³-hybridized carbons (Fsp3) is 0.200. The molecule has 4 nitrogen and oxygen atoms in total. The number of carboxylic acid groups (broad SMARTS) is 1. The van der Waals surface area contributed by atoms with E-state index in [0.29, 0.717) is 22.8 Å². The van der Waals surface area contributed by atoms with Crippen LogP contribution < -0.4 is 5.43 Å². The molecule has 2 aliphatic rings. The van der Waals surface area contributed by atoms with Crippen molar-refractivity contribution in [2.24, 2.45) is 5.92 Å². The van der Waals surface area contributed by atoms with Gasteiger partial charge in [0.2, 0.25) is 0 Å². The van der Waals surface area contributed by atoms with Crippen molar-refractivity contribution in [3.63, 3.8) is 0 Å². The van der Waals surface area contributed by atoms with Crippen molar-refractivity contribution >= 4 is 16.9 Å². The van der Waals surface area contributed by atoms with E-state index in [1.165, 1.54) is 12.1 Å². The Morgan fingerprint density at radius 3 is 2.52 bits per heavy atom. The zero-order chi connectivity index (χ0) is 20.7. The Morgan fingerprint density at radius 1 is 1.00 bits per heavy atom. The van der Waals surface area contributed by atoms with Gasteiger partial charge in [0.1, 0.15) is 11.3 Å². The second-order valence-corrected chi connectivity index (χ2v) is 7.92. The molecule has 1 heterocycles. The second kappa shape index (κ2) is 7.21. The first-order valence-corrected chi connectivity index (χ1v) is 9.67. The van der Waals surface area contributed by atoms with Gasteiger partial charge in [0.15, 0.2) is 5.43 Å². The maximum Gasteiger partial charge on any atom is 0.336 e. The molecule has 0 bridgehead atoms. The molecular formula is C25H22O4. The fourth-order valence-corrected chi connectivity index (χ4v) is 3.85. The summed E-state index contributed by atoms with van der Waals surface area (Å²) in [5.74, 6) is -0.0783. The molecule has 0 saturated carbocycles. The van der Waals surface area contributed by atoms with Crippen LogP contribution in [0.15, 0.2) is 63.8 Å². The highest BCUT2D eigenvalue weighted by Gasteiger charge is 2.22. The van der Waals surface area contributed by atoms with Crippen molar-refractivity contribution in [3.05, 3.63) is 81.5 Å². The van der Waals surface area contributed by atoms with Crippen molar-refractivity contribution in [3.8, 4) is 22.5 Å². The first kappa shape index (κ1) is 18.9. The largest absolute Gasteiger partial charge is 0.478 e. The highest BCUT2D eigenvalue weighted by molar-refractivity contribution is 6.07. The van der Waals surface area contributed by atoms with Gasteiger partial charge in [0.05, 0.1) is 5.56 Å². The van der Waals surface area contributed by atoms with Gasteiger partial charge in [-0.25, -0.2) is 4.79 Å². The van der Waals surface area contributed by atoms with E-state index >= 15 is 0 Å². The molecule has 0 atom stereocenters. The summed E-state index contributed by atoms with van der Waals surface area (Å²) in [5, 5.41) is 10.7. The van der Waals surface area contributed by atoms with E-state index in [1.54, 1.807) is 12.1 Å². The monoisotopic (exact) mass is 386 g/mol. The third-order valence-electron chi connectivity index (χ3n) is 5.08. The minimum absolute atomic E-state index is 0.147. The average Bonchev–Trinajstić information content (AvgIpc) is 2.65. The van der Waals surface area contributed by atoms with Gasteiger partial charge in [-0.1, -0.05) is 38.1 Å². The molecule has 0 aromatic heterocycles. The zero-order valence-corrected chi connectivity index (χ0v) is 16.7. The maximum atomic E-state index is 12.0. The number of aryl methyl sites for hydroxylation is 1. The summed E-state index contributed by atoms with van der Waals surface area (Å²) in [6.45, 7) is 6.24. The Morgan fingerprint density at radius 2 is 1.79 bits per heavy atom. The molecule has 2 aromatic carbocycles. The number of hydrogen-bond acceptors (Lipinski definition) is 3. The van der Waals surface area contributed by atoms with E-state index in [0.717, 1.165) is 34.1 Å². The topological polar surface area (TPSA) is 67.5 Å². The first-order valence-electron chi connectivity index (χ1n) is 9.67. The average molecular weight is 386 g/mol. The summed E-state index contributed by atoms with van der Waals surface area (Å²) in [7, 11) is 0. The van der Waals surface area contributed by atoms with Crippen LogP contribution in [0.3, 0.4) is 0 Å². The smallest absolute Gasteiger partial charge is 0.336 e. The lowest BCUT2D eigenvalue weighted by Crippen LogP contribution is -2.05. The van der Waals surface area contributed by atoms with Crippen LogP contribution in [0, 0.1) is 12.8 Å². The molecule has 29 heavy (non-hydrogen) atoms. The normalized spacial score (nSPS) is 11.4. The maximum absolute atomic E-state index is 12.0. The first-order chi connectivity index (χ1) is 13.8. The number of hydrogen-bond donors (Lipinski definition) is 1. The van der Waals surface area contributed by atoms with Gasteiger partial charge >= 0.3 is 5.97 Å². The van der Waals surface area contributed by atoms with Crippen LogP contribution in [0.5, 0.6) is 0 Å². The van der Waals surface area contributed by atoms with Gasteiger partial charge < -0.3 is 9.52 Å². The number of carboxylic acids is 1. The van der Waals surface area contributed by atoms with Gasteiger partial charge in [-0.3, -0.25) is 4.79 Å². The Labute approximate surface area is 168 Å². The van der Waals surface area contributed by atoms with Crippen LogP contribution in [0.4, 0.5) is 0 Å². The molecule has 0 unspecified atom stereocenters. The van der Waals surface area contributed by atoms with Crippen LogP contribution >= 0.6 is 0 Å². The molecule has 4 rings (SSSR count). The minimum Gasteiger partial charge on any atom is -0.478 e. The molecule has 0 fully saturated rings. The Kier molecular flexibility index (Phi) is 4.71. The standard InChI is InChI=1S/C25H22O4/c1-14(2)10-16-5-8-18(25(27)28)21(12-16)24-19-7-4-15(3)11-22(19)29-23-13-17(26)6-9-20(23)24/h4-9,11-14H,10H2,1-3H3,(H,27,28). The number of rotatable bonds is 4. The van der Waals surface area contributed by atoms with Crippen molar-refractivity contribution in [1.29, 1.82) is 0 Å². The molecule has 2 aromatic rings. The molecular weight excluding hydrogens is 364 g/mol. The van der Waals surface area contributed by atoms with E-state index in [-0.39, 0.29) is 11.0 Å². The molecule has 1 aliphatic carbocycles. The van der Waals surface area contributed by atoms with E-state index in [9.17, 15) is 14.7 Å². The van der Waals surface area contributed by atoms with E-state index in [2.05, 4.69) is 13.8 Å².